The van der Waals surface area contributed by atoms with Gasteiger partial charge in [0, 0.05) is 0 Å². The van der Waals surface area contributed by atoms with Crippen LogP contribution >= 0.6 is 0 Å². The van der Waals surface area contributed by atoms with Crippen LogP contribution in [0.4, 0.5) is 0 Å². The Labute approximate surface area is 102 Å². The molecule has 0 aromatic heterocycles. The number of benzene rings is 1. The van der Waals surface area contributed by atoms with Gasteiger partial charge in [-0.3, -0.25) is 0 Å². The first-order valence-electron chi connectivity index (χ1n) is 6.09. The molecule has 1 aromatic rings. The molecule has 1 aliphatic rings. The van der Waals surface area contributed by atoms with Crippen LogP contribution in [0, 0.1) is 17.2 Å². The highest BCUT2D eigenvalue weighted by atomic mass is 16.5. The minimum absolute atomic E-state index is 0.00142. The van der Waals surface area contributed by atoms with Crippen molar-refractivity contribution in [2.24, 2.45) is 5.92 Å². The lowest BCUT2D eigenvalue weighted by Crippen LogP contribution is -2.29. The zero-order valence-electron chi connectivity index (χ0n) is 9.80. The second kappa shape index (κ2) is 5.70. The van der Waals surface area contributed by atoms with Gasteiger partial charge in [0.2, 0.25) is 0 Å². The molecular formula is C14H17NO2. The molecule has 2 atom stereocenters. The lowest BCUT2D eigenvalue weighted by Gasteiger charge is -2.27. The van der Waals surface area contributed by atoms with Gasteiger partial charge >= 0.3 is 0 Å². The third kappa shape index (κ3) is 2.98. The summed E-state index contributed by atoms with van der Waals surface area (Å²) >= 11 is 0. The van der Waals surface area contributed by atoms with Crippen molar-refractivity contribution in [1.82, 2.24) is 0 Å². The molecule has 0 radical (unpaired) electrons. The van der Waals surface area contributed by atoms with E-state index in [2.05, 4.69) is 6.07 Å². The monoisotopic (exact) mass is 231 g/mol. The normalized spacial score (nSPS) is 24.0. The van der Waals surface area contributed by atoms with Gasteiger partial charge in [0.25, 0.3) is 0 Å². The Balaban J connectivity index is 2.06. The standard InChI is InChI=1S/C14H17NO2/c15-9-12-5-1-2-7-14(12)17-13-6-3-4-11(8-13)10-16/h3-4,6,8,12,14,16H,1-2,5,7,10H2. The smallest absolute Gasteiger partial charge is 0.120 e. The summed E-state index contributed by atoms with van der Waals surface area (Å²) in [5, 5.41) is 18.1. The summed E-state index contributed by atoms with van der Waals surface area (Å²) in [6, 6.07) is 9.76. The molecule has 1 fully saturated rings. The van der Waals surface area contributed by atoms with Crippen molar-refractivity contribution < 1.29 is 9.84 Å². The first-order valence-corrected chi connectivity index (χ1v) is 6.09. The second-order valence-corrected chi connectivity index (χ2v) is 4.48. The summed E-state index contributed by atoms with van der Waals surface area (Å²) in [5.41, 5.74) is 0.840. The van der Waals surface area contributed by atoms with Crippen LogP contribution in [0.2, 0.25) is 0 Å². The maximum atomic E-state index is 9.07. The number of ether oxygens (including phenoxy) is 1. The van der Waals surface area contributed by atoms with Gasteiger partial charge < -0.3 is 9.84 Å². The van der Waals surface area contributed by atoms with Gasteiger partial charge in [0.15, 0.2) is 0 Å². The number of rotatable bonds is 3. The van der Waals surface area contributed by atoms with Gasteiger partial charge in [0.05, 0.1) is 18.6 Å². The quantitative estimate of drug-likeness (QED) is 0.870. The van der Waals surface area contributed by atoms with E-state index in [1.807, 2.05) is 24.3 Å². The molecule has 0 aliphatic heterocycles. The molecule has 1 saturated carbocycles. The van der Waals surface area contributed by atoms with Crippen LogP contribution < -0.4 is 4.74 Å². The summed E-state index contributed by atoms with van der Waals surface area (Å²) in [6.07, 6.45) is 4.13. The fourth-order valence-corrected chi connectivity index (χ4v) is 2.28. The minimum Gasteiger partial charge on any atom is -0.489 e. The molecule has 1 N–H and O–H groups in total. The second-order valence-electron chi connectivity index (χ2n) is 4.48. The average Bonchev–Trinajstić information content (AvgIpc) is 2.39. The van der Waals surface area contributed by atoms with E-state index in [4.69, 9.17) is 15.1 Å². The minimum atomic E-state index is 0.00142. The lowest BCUT2D eigenvalue weighted by molar-refractivity contribution is 0.120. The van der Waals surface area contributed by atoms with Crippen molar-refractivity contribution in [3.05, 3.63) is 29.8 Å². The average molecular weight is 231 g/mol. The molecule has 0 spiro atoms. The highest BCUT2D eigenvalue weighted by molar-refractivity contribution is 5.28. The van der Waals surface area contributed by atoms with E-state index < -0.39 is 0 Å². The van der Waals surface area contributed by atoms with E-state index in [0.29, 0.717) is 0 Å². The molecule has 2 rings (SSSR count). The molecule has 1 aromatic carbocycles. The van der Waals surface area contributed by atoms with Gasteiger partial charge in [-0.05, 0) is 37.0 Å². The van der Waals surface area contributed by atoms with Crippen LogP contribution in [0.25, 0.3) is 0 Å². The fraction of sp³-hybridized carbons (Fsp3) is 0.500. The van der Waals surface area contributed by atoms with Crippen LogP contribution in [0.3, 0.4) is 0 Å². The van der Waals surface area contributed by atoms with Crippen molar-refractivity contribution in [3.8, 4) is 11.8 Å². The molecule has 0 saturated heterocycles. The molecule has 0 amide bonds. The zero-order chi connectivity index (χ0) is 12.1. The summed E-state index contributed by atoms with van der Waals surface area (Å²) in [4.78, 5) is 0. The predicted molar refractivity (Wildman–Crippen MR) is 64.4 cm³/mol. The van der Waals surface area contributed by atoms with Gasteiger partial charge in [-0.2, -0.15) is 5.26 Å². The number of hydrogen-bond acceptors (Lipinski definition) is 3. The molecule has 90 valence electrons. The first kappa shape index (κ1) is 11.9. The van der Waals surface area contributed by atoms with E-state index in [9.17, 15) is 0 Å². The van der Waals surface area contributed by atoms with Crippen LogP contribution in [0.15, 0.2) is 24.3 Å². The number of nitriles is 1. The Hall–Kier alpha value is -1.53. The first-order chi connectivity index (χ1) is 8.33. The number of aliphatic hydroxyl groups excluding tert-OH is 1. The van der Waals surface area contributed by atoms with Crippen molar-refractivity contribution >= 4 is 0 Å². The summed E-state index contributed by atoms with van der Waals surface area (Å²) in [5.74, 6) is 0.755. The van der Waals surface area contributed by atoms with Crippen molar-refractivity contribution in [1.29, 1.82) is 5.26 Å². The molecule has 0 bridgehead atoms. The Kier molecular flexibility index (Phi) is 4.00. The number of nitrogens with zero attached hydrogens (tertiary/aromatic N) is 1. The Morgan fingerprint density at radius 1 is 1.35 bits per heavy atom. The van der Waals surface area contributed by atoms with E-state index in [-0.39, 0.29) is 18.6 Å². The molecule has 2 unspecified atom stereocenters. The third-order valence-electron chi connectivity index (χ3n) is 3.24. The molecule has 3 heteroatoms. The summed E-state index contributed by atoms with van der Waals surface area (Å²) in [6.45, 7) is 0.0174. The van der Waals surface area contributed by atoms with Crippen molar-refractivity contribution in [2.45, 2.75) is 38.4 Å². The van der Waals surface area contributed by atoms with Gasteiger partial charge in [0.1, 0.15) is 11.9 Å². The van der Waals surface area contributed by atoms with Crippen molar-refractivity contribution in [2.75, 3.05) is 0 Å². The highest BCUT2D eigenvalue weighted by Gasteiger charge is 2.26. The molecule has 0 heterocycles. The van der Waals surface area contributed by atoms with Crippen LogP contribution in [0.5, 0.6) is 5.75 Å². The molecule has 1 aliphatic carbocycles. The van der Waals surface area contributed by atoms with E-state index in [1.165, 1.54) is 0 Å². The summed E-state index contributed by atoms with van der Waals surface area (Å²) in [7, 11) is 0. The largest absolute Gasteiger partial charge is 0.489 e. The Morgan fingerprint density at radius 2 is 2.18 bits per heavy atom. The zero-order valence-corrected chi connectivity index (χ0v) is 9.80. The number of aliphatic hydroxyl groups is 1. The topological polar surface area (TPSA) is 53.2 Å². The Morgan fingerprint density at radius 3 is 2.94 bits per heavy atom. The Bertz CT molecular complexity index is 411. The fourth-order valence-electron chi connectivity index (χ4n) is 2.28. The van der Waals surface area contributed by atoms with E-state index in [0.717, 1.165) is 37.0 Å². The molecule has 17 heavy (non-hydrogen) atoms. The van der Waals surface area contributed by atoms with Gasteiger partial charge in [-0.15, -0.1) is 0 Å². The maximum absolute atomic E-state index is 9.07. The van der Waals surface area contributed by atoms with Crippen molar-refractivity contribution in [3.63, 3.8) is 0 Å². The molecular weight excluding hydrogens is 214 g/mol. The maximum Gasteiger partial charge on any atom is 0.120 e. The highest BCUT2D eigenvalue weighted by Crippen LogP contribution is 2.28. The summed E-state index contributed by atoms with van der Waals surface area (Å²) < 4.78 is 5.87. The van der Waals surface area contributed by atoms with Crippen LogP contribution in [-0.4, -0.2) is 11.2 Å². The SMILES string of the molecule is N#CC1CCCCC1Oc1cccc(CO)c1. The predicted octanol–water partition coefficient (Wildman–Crippen LogP) is 2.64. The van der Waals surface area contributed by atoms with Crippen LogP contribution in [-0.2, 0) is 6.61 Å². The molecule has 3 nitrogen and oxygen atoms in total. The van der Waals surface area contributed by atoms with Gasteiger partial charge in [-0.1, -0.05) is 18.6 Å². The van der Waals surface area contributed by atoms with E-state index in [1.54, 1.807) is 0 Å². The lowest BCUT2D eigenvalue weighted by atomic mass is 9.87. The van der Waals surface area contributed by atoms with E-state index >= 15 is 0 Å². The third-order valence-corrected chi connectivity index (χ3v) is 3.24. The van der Waals surface area contributed by atoms with Crippen LogP contribution in [0.1, 0.15) is 31.2 Å². The number of hydrogen-bond donors (Lipinski definition) is 1. The van der Waals surface area contributed by atoms with Gasteiger partial charge in [-0.25, -0.2) is 0 Å².